The highest BCUT2D eigenvalue weighted by atomic mass is 16.5. The van der Waals surface area contributed by atoms with Crippen LogP contribution in [0.5, 0.6) is 5.75 Å². The number of para-hydroxylation sites is 2. The summed E-state index contributed by atoms with van der Waals surface area (Å²) in [7, 11) is 1.82. The molecule has 1 N–H and O–H groups in total. The van der Waals surface area contributed by atoms with Crippen LogP contribution in [0.15, 0.2) is 24.3 Å². The number of likely N-dealkylation sites (N-methyl/N-ethyl adjacent to an activating group) is 1. The first-order chi connectivity index (χ1) is 10.2. The second-order valence-corrected chi connectivity index (χ2v) is 5.22. The molecule has 1 aliphatic rings. The number of amides is 1. The van der Waals surface area contributed by atoms with Crippen LogP contribution in [0, 0.1) is 0 Å². The van der Waals surface area contributed by atoms with E-state index < -0.39 is 0 Å². The van der Waals surface area contributed by atoms with Crippen molar-refractivity contribution in [2.75, 3.05) is 44.7 Å². The Morgan fingerprint density at radius 2 is 1.95 bits per heavy atom. The van der Waals surface area contributed by atoms with Gasteiger partial charge in [0.15, 0.2) is 0 Å². The van der Waals surface area contributed by atoms with Crippen molar-refractivity contribution in [2.24, 2.45) is 0 Å². The zero-order chi connectivity index (χ0) is 15.2. The number of carbonyl (C=O) groups excluding carboxylic acids is 1. The number of hydrogen-bond acceptors (Lipinski definition) is 4. The summed E-state index contributed by atoms with van der Waals surface area (Å²) in [6.45, 7) is 7.75. The largest absolute Gasteiger partial charge is 0.492 e. The van der Waals surface area contributed by atoms with Gasteiger partial charge in [-0.15, -0.1) is 0 Å². The Morgan fingerprint density at radius 3 is 2.57 bits per heavy atom. The van der Waals surface area contributed by atoms with Crippen molar-refractivity contribution in [3.8, 4) is 5.75 Å². The molecule has 1 atom stereocenters. The summed E-state index contributed by atoms with van der Waals surface area (Å²) in [6.07, 6.45) is 0. The monoisotopic (exact) mass is 291 g/mol. The molecular formula is C16H25N3O2. The van der Waals surface area contributed by atoms with E-state index >= 15 is 0 Å². The van der Waals surface area contributed by atoms with Gasteiger partial charge in [0.05, 0.1) is 18.3 Å². The minimum atomic E-state index is -0.118. The van der Waals surface area contributed by atoms with Crippen molar-refractivity contribution in [1.82, 2.24) is 10.2 Å². The van der Waals surface area contributed by atoms with Crippen molar-refractivity contribution < 1.29 is 9.53 Å². The van der Waals surface area contributed by atoms with E-state index in [2.05, 4.69) is 16.3 Å². The maximum atomic E-state index is 12.2. The van der Waals surface area contributed by atoms with Gasteiger partial charge in [0.25, 0.3) is 0 Å². The standard InChI is InChI=1S/C16H25N3O2/c1-4-21-15-8-6-5-7-14(15)18-9-11-19(12-10-18)16(20)13(2)17-3/h5-8,13,17H,4,9-12H2,1-3H3. The second-order valence-electron chi connectivity index (χ2n) is 5.22. The summed E-state index contributed by atoms with van der Waals surface area (Å²) in [5.41, 5.74) is 1.12. The van der Waals surface area contributed by atoms with Crippen molar-refractivity contribution in [1.29, 1.82) is 0 Å². The van der Waals surface area contributed by atoms with Crippen molar-refractivity contribution in [3.63, 3.8) is 0 Å². The first-order valence-corrected chi connectivity index (χ1v) is 7.60. The lowest BCUT2D eigenvalue weighted by atomic mass is 10.2. The molecule has 1 unspecified atom stereocenters. The van der Waals surface area contributed by atoms with Gasteiger partial charge in [-0.1, -0.05) is 12.1 Å². The quantitative estimate of drug-likeness (QED) is 0.889. The van der Waals surface area contributed by atoms with E-state index in [4.69, 9.17) is 4.74 Å². The zero-order valence-electron chi connectivity index (χ0n) is 13.1. The number of ether oxygens (including phenoxy) is 1. The maximum Gasteiger partial charge on any atom is 0.239 e. The Labute approximate surface area is 126 Å². The van der Waals surface area contributed by atoms with Gasteiger partial charge in [-0.05, 0) is 33.0 Å². The fraction of sp³-hybridized carbons (Fsp3) is 0.562. The minimum Gasteiger partial charge on any atom is -0.492 e. The van der Waals surface area contributed by atoms with E-state index in [1.54, 1.807) is 0 Å². The van der Waals surface area contributed by atoms with E-state index in [1.165, 1.54) is 0 Å². The van der Waals surface area contributed by atoms with Crippen LogP contribution >= 0.6 is 0 Å². The van der Waals surface area contributed by atoms with Crippen LogP contribution in [0.25, 0.3) is 0 Å². The summed E-state index contributed by atoms with van der Waals surface area (Å²) in [6, 6.07) is 7.98. The van der Waals surface area contributed by atoms with Gasteiger partial charge in [0.2, 0.25) is 5.91 Å². The molecule has 1 aromatic carbocycles. The molecule has 21 heavy (non-hydrogen) atoms. The normalized spacial score (nSPS) is 16.7. The minimum absolute atomic E-state index is 0.118. The summed E-state index contributed by atoms with van der Waals surface area (Å²) >= 11 is 0. The first-order valence-electron chi connectivity index (χ1n) is 7.60. The van der Waals surface area contributed by atoms with Crippen LogP contribution in [0.2, 0.25) is 0 Å². The third-order valence-corrected chi connectivity index (χ3v) is 3.90. The topological polar surface area (TPSA) is 44.8 Å². The van der Waals surface area contributed by atoms with E-state index in [-0.39, 0.29) is 11.9 Å². The average molecular weight is 291 g/mol. The first kappa shape index (κ1) is 15.6. The number of anilines is 1. The highest BCUT2D eigenvalue weighted by molar-refractivity contribution is 5.81. The predicted molar refractivity (Wildman–Crippen MR) is 84.9 cm³/mol. The molecule has 0 bridgehead atoms. The van der Waals surface area contributed by atoms with Gasteiger partial charge in [-0.25, -0.2) is 0 Å². The van der Waals surface area contributed by atoms with E-state index in [1.807, 2.05) is 44.0 Å². The lowest BCUT2D eigenvalue weighted by Gasteiger charge is -2.37. The Bertz CT molecular complexity index is 470. The molecule has 1 saturated heterocycles. The molecule has 1 heterocycles. The maximum absolute atomic E-state index is 12.2. The molecular weight excluding hydrogens is 266 g/mol. The fourth-order valence-corrected chi connectivity index (χ4v) is 2.56. The highest BCUT2D eigenvalue weighted by Crippen LogP contribution is 2.28. The Morgan fingerprint density at radius 1 is 1.29 bits per heavy atom. The fourth-order valence-electron chi connectivity index (χ4n) is 2.56. The van der Waals surface area contributed by atoms with Crippen molar-refractivity contribution in [2.45, 2.75) is 19.9 Å². The summed E-state index contributed by atoms with van der Waals surface area (Å²) in [5.74, 6) is 1.10. The Hall–Kier alpha value is -1.75. The summed E-state index contributed by atoms with van der Waals surface area (Å²) < 4.78 is 5.69. The second kappa shape index (κ2) is 7.31. The lowest BCUT2D eigenvalue weighted by molar-refractivity contribution is -0.133. The molecule has 5 nitrogen and oxygen atoms in total. The molecule has 1 aliphatic heterocycles. The van der Waals surface area contributed by atoms with Crippen LogP contribution in [0.4, 0.5) is 5.69 Å². The molecule has 0 radical (unpaired) electrons. The van der Waals surface area contributed by atoms with Crippen LogP contribution in [-0.2, 0) is 4.79 Å². The van der Waals surface area contributed by atoms with E-state index in [0.717, 1.165) is 37.6 Å². The highest BCUT2D eigenvalue weighted by Gasteiger charge is 2.25. The van der Waals surface area contributed by atoms with Crippen LogP contribution < -0.4 is 15.0 Å². The number of nitrogens with zero attached hydrogens (tertiary/aromatic N) is 2. The molecule has 1 amide bonds. The van der Waals surface area contributed by atoms with E-state index in [0.29, 0.717) is 6.61 Å². The van der Waals surface area contributed by atoms with Crippen LogP contribution in [0.3, 0.4) is 0 Å². The molecule has 116 valence electrons. The lowest BCUT2D eigenvalue weighted by Crippen LogP contribution is -2.53. The molecule has 0 aliphatic carbocycles. The van der Waals surface area contributed by atoms with Gasteiger partial charge in [0, 0.05) is 26.2 Å². The van der Waals surface area contributed by atoms with Crippen molar-refractivity contribution >= 4 is 11.6 Å². The van der Waals surface area contributed by atoms with Gasteiger partial charge in [-0.3, -0.25) is 4.79 Å². The summed E-state index contributed by atoms with van der Waals surface area (Å²) in [5, 5.41) is 3.01. The molecule has 1 aromatic rings. The van der Waals surface area contributed by atoms with Crippen molar-refractivity contribution in [3.05, 3.63) is 24.3 Å². The molecule has 2 rings (SSSR count). The molecule has 0 aromatic heterocycles. The van der Waals surface area contributed by atoms with E-state index in [9.17, 15) is 4.79 Å². The summed E-state index contributed by atoms with van der Waals surface area (Å²) in [4.78, 5) is 16.4. The number of carbonyl (C=O) groups is 1. The van der Waals surface area contributed by atoms with Crippen LogP contribution in [-0.4, -0.2) is 56.7 Å². The predicted octanol–water partition coefficient (Wildman–Crippen LogP) is 1.34. The molecule has 5 heteroatoms. The van der Waals surface area contributed by atoms with Gasteiger partial charge in [-0.2, -0.15) is 0 Å². The third kappa shape index (κ3) is 3.67. The van der Waals surface area contributed by atoms with Gasteiger partial charge >= 0.3 is 0 Å². The third-order valence-electron chi connectivity index (χ3n) is 3.90. The number of piperazine rings is 1. The number of hydrogen-bond donors (Lipinski definition) is 1. The number of benzene rings is 1. The SMILES string of the molecule is CCOc1ccccc1N1CCN(C(=O)C(C)NC)CC1. The Kier molecular flexibility index (Phi) is 5.44. The Balaban J connectivity index is 1.99. The number of nitrogens with one attached hydrogen (secondary N) is 1. The molecule has 1 fully saturated rings. The molecule has 0 spiro atoms. The number of rotatable bonds is 5. The van der Waals surface area contributed by atoms with Gasteiger partial charge in [0.1, 0.15) is 5.75 Å². The zero-order valence-corrected chi connectivity index (χ0v) is 13.1. The average Bonchev–Trinajstić information content (AvgIpc) is 2.54. The van der Waals surface area contributed by atoms with Gasteiger partial charge < -0.3 is 19.9 Å². The van der Waals surface area contributed by atoms with Crippen LogP contribution in [0.1, 0.15) is 13.8 Å². The smallest absolute Gasteiger partial charge is 0.239 e. The molecule has 0 saturated carbocycles.